The van der Waals surface area contributed by atoms with Crippen molar-refractivity contribution in [3.05, 3.63) is 27.8 Å². The lowest BCUT2D eigenvalue weighted by molar-refractivity contribution is -0.386. The van der Waals surface area contributed by atoms with Gasteiger partial charge in [0.15, 0.2) is 5.75 Å². The molecule has 1 aromatic carbocycles. The molecule has 0 radical (unpaired) electrons. The van der Waals surface area contributed by atoms with Gasteiger partial charge < -0.3 is 20.7 Å². The second kappa shape index (κ2) is 8.17. The average molecular weight is 377 g/mol. The van der Waals surface area contributed by atoms with E-state index in [4.69, 9.17) is 15.6 Å². The SMILES string of the molecule is CCOc1cc(C(=O)[P+](O)(O)CC[C@H](N)C(=O)O)cc([N+](=O)[O-])c1O. The van der Waals surface area contributed by atoms with E-state index in [1.807, 2.05) is 0 Å². The van der Waals surface area contributed by atoms with Crippen LogP contribution in [-0.2, 0) is 4.79 Å². The Morgan fingerprint density at radius 2 is 2.00 bits per heavy atom. The van der Waals surface area contributed by atoms with Crippen molar-refractivity contribution in [3.8, 4) is 11.5 Å². The van der Waals surface area contributed by atoms with Crippen LogP contribution in [0.25, 0.3) is 0 Å². The van der Waals surface area contributed by atoms with Gasteiger partial charge in [-0.3, -0.25) is 14.9 Å². The molecule has 11 nitrogen and oxygen atoms in total. The fraction of sp³-hybridized carbons (Fsp3) is 0.385. The quantitative estimate of drug-likeness (QED) is 0.229. The fourth-order valence-electron chi connectivity index (χ4n) is 1.87. The summed E-state index contributed by atoms with van der Waals surface area (Å²) in [6.07, 6.45) is -0.974. The first-order valence-electron chi connectivity index (χ1n) is 7.02. The summed E-state index contributed by atoms with van der Waals surface area (Å²) in [5.41, 5.74) is 2.75. The molecule has 0 aliphatic carbocycles. The molecule has 0 saturated heterocycles. The number of hydrogen-bond donors (Lipinski definition) is 5. The minimum atomic E-state index is -4.30. The second-order valence-electron chi connectivity index (χ2n) is 5.02. The lowest BCUT2D eigenvalue weighted by Crippen LogP contribution is -2.31. The van der Waals surface area contributed by atoms with E-state index in [1.165, 1.54) is 0 Å². The highest BCUT2D eigenvalue weighted by Crippen LogP contribution is 2.54. The number of benzene rings is 1. The van der Waals surface area contributed by atoms with Crippen LogP contribution in [0.5, 0.6) is 11.5 Å². The molecule has 0 aliphatic rings. The van der Waals surface area contributed by atoms with E-state index < -0.39 is 53.3 Å². The van der Waals surface area contributed by atoms with Gasteiger partial charge in [0.2, 0.25) is 5.75 Å². The maximum absolute atomic E-state index is 12.3. The largest absolute Gasteiger partial charge is 0.500 e. The zero-order chi connectivity index (χ0) is 19.4. The number of nitrogens with zero attached hydrogens (tertiary/aromatic N) is 1. The van der Waals surface area contributed by atoms with Gasteiger partial charge in [-0.05, 0) is 13.0 Å². The topological polar surface area (TPSA) is 193 Å². The van der Waals surface area contributed by atoms with Crippen LogP contribution >= 0.6 is 7.72 Å². The van der Waals surface area contributed by atoms with Gasteiger partial charge in [0, 0.05) is 12.5 Å². The number of nitro benzene ring substituents is 1. The third-order valence-corrected chi connectivity index (χ3v) is 4.98. The van der Waals surface area contributed by atoms with Crippen LogP contribution in [0.4, 0.5) is 5.69 Å². The number of phenols is 1. The van der Waals surface area contributed by atoms with Crippen LogP contribution in [0.2, 0.25) is 0 Å². The van der Waals surface area contributed by atoms with E-state index in [1.54, 1.807) is 6.92 Å². The van der Waals surface area contributed by atoms with Gasteiger partial charge in [0.25, 0.3) is 0 Å². The standard InChI is InChI=1S/C13H17N2O9P/c1-2-24-10-6-7(5-9(11(10)16)15(20)21)13(19)25(22,23)4-3-8(14)12(17)18/h5-6,8,22-23H,2-4,14H2,1H3,(H-,16,17,18,19)/p+1/t8-/m0/s1. The van der Waals surface area contributed by atoms with Gasteiger partial charge in [-0.15, -0.1) is 0 Å². The molecule has 1 aromatic rings. The number of phenolic OH excluding ortho intramolecular Hbond substituents is 1. The van der Waals surface area contributed by atoms with Gasteiger partial charge in [0.05, 0.1) is 17.1 Å². The summed E-state index contributed by atoms with van der Waals surface area (Å²) in [6, 6.07) is 0.255. The predicted molar refractivity (Wildman–Crippen MR) is 86.7 cm³/mol. The van der Waals surface area contributed by atoms with Crippen molar-refractivity contribution in [1.82, 2.24) is 0 Å². The molecule has 1 atom stereocenters. The van der Waals surface area contributed by atoms with Crippen molar-refractivity contribution >= 4 is 24.9 Å². The van der Waals surface area contributed by atoms with Crippen LogP contribution in [0.15, 0.2) is 12.1 Å². The minimum absolute atomic E-state index is 0.0361. The zero-order valence-corrected chi connectivity index (χ0v) is 14.0. The van der Waals surface area contributed by atoms with E-state index in [9.17, 15) is 34.6 Å². The summed E-state index contributed by atoms with van der Waals surface area (Å²) < 4.78 is 5.01. The number of carbonyl (C=O) groups excluding carboxylic acids is 1. The van der Waals surface area contributed by atoms with Crippen molar-refractivity contribution < 1.29 is 39.2 Å². The van der Waals surface area contributed by atoms with Crippen molar-refractivity contribution in [3.63, 3.8) is 0 Å². The lowest BCUT2D eigenvalue weighted by atomic mass is 10.2. The highest BCUT2D eigenvalue weighted by molar-refractivity contribution is 7.81. The highest BCUT2D eigenvalue weighted by Gasteiger charge is 2.46. The number of carboxylic acid groups (broad SMARTS) is 1. The Morgan fingerprint density at radius 1 is 1.40 bits per heavy atom. The molecule has 0 unspecified atom stereocenters. The molecule has 6 N–H and O–H groups in total. The number of aliphatic carboxylic acids is 1. The first kappa shape index (κ1) is 20.7. The molecule has 12 heteroatoms. The number of rotatable bonds is 9. The van der Waals surface area contributed by atoms with Crippen molar-refractivity contribution in [1.29, 1.82) is 0 Å². The molecule has 0 spiro atoms. The maximum Gasteiger partial charge on any atom is 0.357 e. The second-order valence-corrected chi connectivity index (χ2v) is 7.34. The van der Waals surface area contributed by atoms with Gasteiger partial charge in [-0.2, -0.15) is 0 Å². The summed E-state index contributed by atoms with van der Waals surface area (Å²) in [5, 5.41) is 29.4. The van der Waals surface area contributed by atoms with E-state index in [-0.39, 0.29) is 18.8 Å². The number of hydrogen-bond acceptors (Lipinski definition) is 9. The molecule has 0 aliphatic heterocycles. The summed E-state index contributed by atoms with van der Waals surface area (Å²) >= 11 is 0. The number of carbonyl (C=O) groups is 2. The molecule has 138 valence electrons. The zero-order valence-electron chi connectivity index (χ0n) is 13.2. The van der Waals surface area contributed by atoms with Crippen LogP contribution in [0.3, 0.4) is 0 Å². The number of ether oxygens (including phenoxy) is 1. The molecule has 0 bridgehead atoms. The third-order valence-electron chi connectivity index (χ3n) is 3.19. The highest BCUT2D eigenvalue weighted by atomic mass is 31.2. The number of aromatic hydroxyl groups is 1. The van der Waals surface area contributed by atoms with Gasteiger partial charge in [0.1, 0.15) is 12.2 Å². The Kier molecular flexibility index (Phi) is 6.77. The van der Waals surface area contributed by atoms with Crippen LogP contribution < -0.4 is 10.5 Å². The first-order valence-corrected chi connectivity index (χ1v) is 8.90. The predicted octanol–water partition coefficient (Wildman–Crippen LogP) is 0.473. The van der Waals surface area contributed by atoms with Gasteiger partial charge in [-0.25, -0.2) is 14.6 Å². The molecule has 0 heterocycles. The van der Waals surface area contributed by atoms with Crippen molar-refractivity contribution in [2.75, 3.05) is 12.8 Å². The number of nitro groups is 1. The monoisotopic (exact) mass is 377 g/mol. The molecule has 1 rings (SSSR count). The Morgan fingerprint density at radius 3 is 2.48 bits per heavy atom. The Bertz CT molecular complexity index is 692. The summed E-state index contributed by atoms with van der Waals surface area (Å²) in [7, 11) is -4.30. The Labute approximate surface area is 142 Å². The molecular formula is C13H18N2O9P+. The Balaban J connectivity index is 3.18. The minimum Gasteiger partial charge on any atom is -0.500 e. The molecular weight excluding hydrogens is 359 g/mol. The number of nitrogens with two attached hydrogens (primary N) is 1. The third kappa shape index (κ3) is 5.07. The summed E-state index contributed by atoms with van der Waals surface area (Å²) in [6.45, 7) is 1.58. The fourth-order valence-corrected chi connectivity index (χ4v) is 3.26. The smallest absolute Gasteiger partial charge is 0.357 e. The van der Waals surface area contributed by atoms with E-state index in [0.29, 0.717) is 6.07 Å². The Hall–Kier alpha value is -2.33. The van der Waals surface area contributed by atoms with E-state index >= 15 is 0 Å². The van der Waals surface area contributed by atoms with Crippen LogP contribution in [-0.4, -0.2) is 55.2 Å². The summed E-state index contributed by atoms with van der Waals surface area (Å²) in [5.74, 6) is -2.52. The van der Waals surface area contributed by atoms with Gasteiger partial charge in [-0.1, -0.05) is 0 Å². The van der Waals surface area contributed by atoms with E-state index in [2.05, 4.69) is 0 Å². The maximum atomic E-state index is 12.3. The first-order chi connectivity index (χ1) is 11.5. The normalized spacial score (nSPS) is 12.5. The molecule has 0 aromatic heterocycles. The summed E-state index contributed by atoms with van der Waals surface area (Å²) in [4.78, 5) is 52.9. The van der Waals surface area contributed by atoms with Crippen LogP contribution in [0.1, 0.15) is 23.7 Å². The van der Waals surface area contributed by atoms with E-state index in [0.717, 1.165) is 6.07 Å². The van der Waals surface area contributed by atoms with Gasteiger partial charge >= 0.3 is 24.9 Å². The lowest BCUT2D eigenvalue weighted by Gasteiger charge is -2.13. The van der Waals surface area contributed by atoms with Crippen LogP contribution in [0, 0.1) is 10.1 Å². The van der Waals surface area contributed by atoms with Crippen molar-refractivity contribution in [2.24, 2.45) is 5.73 Å². The van der Waals surface area contributed by atoms with Crippen molar-refractivity contribution in [2.45, 2.75) is 19.4 Å². The molecule has 0 saturated carbocycles. The molecule has 25 heavy (non-hydrogen) atoms. The molecule has 0 fully saturated rings. The average Bonchev–Trinajstić information content (AvgIpc) is 2.53. The number of carboxylic acids is 1. The molecule has 0 amide bonds.